The monoisotopic (exact) mass is 325 g/mol. The number of nitrogens with zero attached hydrogens (tertiary/aromatic N) is 3. The molecule has 3 rings (SSSR count). The molecule has 2 aromatic heterocycles. The van der Waals surface area contributed by atoms with E-state index >= 15 is 0 Å². The molecule has 2 heterocycles. The van der Waals surface area contributed by atoms with E-state index in [0.29, 0.717) is 22.6 Å². The van der Waals surface area contributed by atoms with Crippen molar-refractivity contribution in [3.63, 3.8) is 0 Å². The first-order valence-corrected chi connectivity index (χ1v) is 6.64. The number of hydrogen-bond acceptors (Lipinski definition) is 4. The molecule has 0 amide bonds. The van der Waals surface area contributed by atoms with Crippen LogP contribution in [0.5, 0.6) is 11.5 Å². The number of fused-ring (bicyclic) bond motifs is 1. The molecule has 0 spiro atoms. The molecule has 0 aliphatic rings. The highest BCUT2D eigenvalue weighted by atomic mass is 79.9. The average Bonchev–Trinajstić information content (AvgIpc) is 2.48. The minimum Gasteiger partial charge on any atom is -0.455 e. The van der Waals surface area contributed by atoms with Crippen molar-refractivity contribution < 1.29 is 4.74 Å². The van der Waals surface area contributed by atoms with E-state index in [1.807, 2.05) is 6.07 Å². The van der Waals surface area contributed by atoms with E-state index < -0.39 is 0 Å². The van der Waals surface area contributed by atoms with E-state index in [-0.39, 0.29) is 0 Å². The van der Waals surface area contributed by atoms with Crippen molar-refractivity contribution >= 4 is 27.0 Å². The number of pyridine rings is 2. The molecule has 4 nitrogen and oxygen atoms in total. The van der Waals surface area contributed by atoms with E-state index in [2.05, 4.69) is 32.0 Å². The van der Waals surface area contributed by atoms with Crippen molar-refractivity contribution in [1.82, 2.24) is 9.97 Å². The number of benzene rings is 1. The second-order valence-electron chi connectivity index (χ2n) is 4.07. The Kier molecular flexibility index (Phi) is 3.32. The number of halogens is 1. The predicted molar refractivity (Wildman–Crippen MR) is 78.5 cm³/mol. The van der Waals surface area contributed by atoms with Crippen molar-refractivity contribution in [2.75, 3.05) is 0 Å². The summed E-state index contributed by atoms with van der Waals surface area (Å²) in [7, 11) is 0. The van der Waals surface area contributed by atoms with Crippen LogP contribution in [0.3, 0.4) is 0 Å². The van der Waals surface area contributed by atoms with E-state index in [1.54, 1.807) is 42.7 Å². The molecule has 5 heteroatoms. The summed E-state index contributed by atoms with van der Waals surface area (Å²) < 4.78 is 6.67. The largest absolute Gasteiger partial charge is 0.455 e. The Morgan fingerprint density at radius 3 is 2.65 bits per heavy atom. The van der Waals surface area contributed by atoms with Gasteiger partial charge in [0.05, 0.1) is 17.1 Å². The first kappa shape index (κ1) is 12.6. The molecule has 0 aliphatic carbocycles. The zero-order chi connectivity index (χ0) is 13.9. The second kappa shape index (κ2) is 5.27. The molecule has 3 aromatic rings. The fourth-order valence-corrected chi connectivity index (χ4v) is 2.11. The Labute approximate surface area is 123 Å². The fraction of sp³-hybridized carbons (Fsp3) is 0. The summed E-state index contributed by atoms with van der Waals surface area (Å²) in [5, 5.41) is 8.77. The van der Waals surface area contributed by atoms with Crippen molar-refractivity contribution in [2.45, 2.75) is 0 Å². The Balaban J connectivity index is 2.00. The van der Waals surface area contributed by atoms with Crippen LogP contribution in [0.15, 0.2) is 53.3 Å². The molecule has 0 aliphatic heterocycles. The van der Waals surface area contributed by atoms with Gasteiger partial charge in [-0.25, -0.2) is 4.98 Å². The molecule has 20 heavy (non-hydrogen) atoms. The van der Waals surface area contributed by atoms with Gasteiger partial charge in [0.1, 0.15) is 11.3 Å². The zero-order valence-corrected chi connectivity index (χ0v) is 11.8. The topological polar surface area (TPSA) is 58.8 Å². The number of ether oxygens (including phenoxy) is 1. The Morgan fingerprint density at radius 1 is 1.10 bits per heavy atom. The van der Waals surface area contributed by atoms with Crippen molar-refractivity contribution in [2.24, 2.45) is 0 Å². The molecule has 0 unspecified atom stereocenters. The van der Waals surface area contributed by atoms with Crippen molar-refractivity contribution in [3.05, 3.63) is 58.8 Å². The van der Waals surface area contributed by atoms with Crippen molar-refractivity contribution in [3.8, 4) is 17.6 Å². The van der Waals surface area contributed by atoms with Gasteiger partial charge in [-0.15, -0.1) is 0 Å². The normalized spacial score (nSPS) is 10.2. The van der Waals surface area contributed by atoms with Gasteiger partial charge in [0.25, 0.3) is 0 Å². The van der Waals surface area contributed by atoms with Gasteiger partial charge in [-0.2, -0.15) is 5.26 Å². The third-order valence-electron chi connectivity index (χ3n) is 2.72. The first-order valence-electron chi connectivity index (χ1n) is 5.84. The minimum atomic E-state index is 0.596. The van der Waals surface area contributed by atoms with Crippen LogP contribution in [0, 0.1) is 11.3 Å². The van der Waals surface area contributed by atoms with E-state index in [0.717, 1.165) is 9.99 Å². The summed E-state index contributed by atoms with van der Waals surface area (Å²) in [6.07, 6.45) is 3.38. The van der Waals surface area contributed by atoms with E-state index in [9.17, 15) is 0 Å². The molecule has 0 N–H and O–H groups in total. The van der Waals surface area contributed by atoms with E-state index in [4.69, 9.17) is 10.00 Å². The van der Waals surface area contributed by atoms with Gasteiger partial charge in [0, 0.05) is 22.9 Å². The van der Waals surface area contributed by atoms with Crippen LogP contribution in [0.1, 0.15) is 5.56 Å². The Morgan fingerprint density at radius 2 is 1.90 bits per heavy atom. The molecule has 0 bridgehead atoms. The number of hydrogen-bond donors (Lipinski definition) is 0. The maximum absolute atomic E-state index is 8.77. The molecule has 96 valence electrons. The summed E-state index contributed by atoms with van der Waals surface area (Å²) in [6, 6.07) is 12.6. The lowest BCUT2D eigenvalue weighted by Crippen LogP contribution is -1.90. The van der Waals surface area contributed by atoms with Crippen LogP contribution < -0.4 is 4.74 Å². The third kappa shape index (κ3) is 2.46. The molecular weight excluding hydrogens is 318 g/mol. The third-order valence-corrected chi connectivity index (χ3v) is 3.15. The lowest BCUT2D eigenvalue weighted by atomic mass is 10.2. The molecule has 0 fully saturated rings. The van der Waals surface area contributed by atoms with Gasteiger partial charge in [0.15, 0.2) is 5.75 Å². The van der Waals surface area contributed by atoms with Gasteiger partial charge in [-0.05, 0) is 46.3 Å². The first-order chi connectivity index (χ1) is 9.76. The Bertz CT molecular complexity index is 809. The van der Waals surface area contributed by atoms with Gasteiger partial charge in [-0.3, -0.25) is 4.98 Å². The fourth-order valence-electron chi connectivity index (χ4n) is 1.79. The van der Waals surface area contributed by atoms with Gasteiger partial charge in [-0.1, -0.05) is 0 Å². The SMILES string of the molecule is N#Cc1ccc(Oc2ccnc3cc(Br)cnc23)cc1. The van der Waals surface area contributed by atoms with Crippen LogP contribution in [0.2, 0.25) is 0 Å². The summed E-state index contributed by atoms with van der Waals surface area (Å²) >= 11 is 3.37. The number of rotatable bonds is 2. The van der Waals surface area contributed by atoms with Gasteiger partial charge >= 0.3 is 0 Å². The van der Waals surface area contributed by atoms with Crippen LogP contribution >= 0.6 is 15.9 Å². The second-order valence-corrected chi connectivity index (χ2v) is 4.98. The molecule has 0 atom stereocenters. The van der Waals surface area contributed by atoms with Crippen molar-refractivity contribution in [1.29, 1.82) is 5.26 Å². The van der Waals surface area contributed by atoms with Gasteiger partial charge < -0.3 is 4.74 Å². The summed E-state index contributed by atoms with van der Waals surface area (Å²) in [5.74, 6) is 1.29. The van der Waals surface area contributed by atoms with Crippen LogP contribution in [0.4, 0.5) is 0 Å². The lowest BCUT2D eigenvalue weighted by Gasteiger charge is -2.07. The summed E-state index contributed by atoms with van der Waals surface area (Å²) in [5.41, 5.74) is 2.05. The average molecular weight is 326 g/mol. The molecule has 0 saturated heterocycles. The van der Waals surface area contributed by atoms with E-state index in [1.165, 1.54) is 0 Å². The number of nitriles is 1. The maximum atomic E-state index is 8.77. The van der Waals surface area contributed by atoms with Crippen LogP contribution in [0.25, 0.3) is 11.0 Å². The molecule has 0 saturated carbocycles. The highest BCUT2D eigenvalue weighted by Gasteiger charge is 2.06. The smallest absolute Gasteiger partial charge is 0.156 e. The quantitative estimate of drug-likeness (QED) is 0.713. The molecular formula is C15H8BrN3O. The highest BCUT2D eigenvalue weighted by molar-refractivity contribution is 9.10. The summed E-state index contributed by atoms with van der Waals surface area (Å²) in [6.45, 7) is 0. The summed E-state index contributed by atoms with van der Waals surface area (Å²) in [4.78, 5) is 8.58. The Hall–Kier alpha value is -2.45. The predicted octanol–water partition coefficient (Wildman–Crippen LogP) is 4.06. The standard InChI is InChI=1S/C15H8BrN3O/c16-11-7-13-15(19-9-11)14(5-6-18-13)20-12-3-1-10(8-17)2-4-12/h1-7,9H. The van der Waals surface area contributed by atoms with Gasteiger partial charge in [0.2, 0.25) is 0 Å². The van der Waals surface area contributed by atoms with Crippen LogP contribution in [-0.2, 0) is 0 Å². The zero-order valence-electron chi connectivity index (χ0n) is 10.2. The number of aromatic nitrogens is 2. The lowest BCUT2D eigenvalue weighted by molar-refractivity contribution is 0.486. The molecule has 1 aromatic carbocycles. The maximum Gasteiger partial charge on any atom is 0.156 e. The molecule has 0 radical (unpaired) electrons. The highest BCUT2D eigenvalue weighted by Crippen LogP contribution is 2.28. The van der Waals surface area contributed by atoms with Crippen LogP contribution in [-0.4, -0.2) is 9.97 Å². The minimum absolute atomic E-state index is 0.596.